The fourth-order valence-electron chi connectivity index (χ4n) is 1.78. The molecule has 0 atom stereocenters. The molecule has 0 amide bonds. The van der Waals surface area contributed by atoms with E-state index in [2.05, 4.69) is 9.88 Å². The predicted molar refractivity (Wildman–Crippen MR) is 67.0 cm³/mol. The molecule has 5 nitrogen and oxygen atoms in total. The predicted octanol–water partition coefficient (Wildman–Crippen LogP) is 0.995. The van der Waals surface area contributed by atoms with Crippen LogP contribution in [0.15, 0.2) is 18.3 Å². The summed E-state index contributed by atoms with van der Waals surface area (Å²) in [4.78, 5) is 17.5. The minimum Gasteiger partial charge on any atom is -0.476 e. The second kappa shape index (κ2) is 6.47. The van der Waals surface area contributed by atoms with E-state index < -0.39 is 0 Å². The number of nitrogens with zero attached hydrogens (tertiary/aromatic N) is 2. The van der Waals surface area contributed by atoms with Gasteiger partial charge < -0.3 is 9.47 Å². The fourth-order valence-corrected chi connectivity index (χ4v) is 1.78. The summed E-state index contributed by atoms with van der Waals surface area (Å²) in [7, 11) is 0. The Hall–Kier alpha value is -1.46. The molecule has 1 aromatic rings. The molecule has 1 fully saturated rings. The molecule has 18 heavy (non-hydrogen) atoms. The lowest BCUT2D eigenvalue weighted by atomic mass is 10.2. The molecule has 1 aliphatic heterocycles. The Kier molecular flexibility index (Phi) is 4.66. The van der Waals surface area contributed by atoms with Crippen molar-refractivity contribution >= 4 is 5.78 Å². The molecule has 0 N–H and O–H groups in total. The number of carbonyl (C=O) groups excluding carboxylic acids is 1. The van der Waals surface area contributed by atoms with Crippen molar-refractivity contribution in [3.05, 3.63) is 23.9 Å². The maximum Gasteiger partial charge on any atom is 0.213 e. The number of ketones is 1. The zero-order valence-electron chi connectivity index (χ0n) is 10.6. The maximum atomic E-state index is 11.1. The van der Waals surface area contributed by atoms with Crippen molar-refractivity contribution in [2.75, 3.05) is 39.5 Å². The highest BCUT2D eigenvalue weighted by Crippen LogP contribution is 2.08. The summed E-state index contributed by atoms with van der Waals surface area (Å²) in [6.07, 6.45) is 1.55. The van der Waals surface area contributed by atoms with Gasteiger partial charge in [0.05, 0.1) is 13.2 Å². The first-order valence-electron chi connectivity index (χ1n) is 6.15. The van der Waals surface area contributed by atoms with Crippen LogP contribution in [0.4, 0.5) is 0 Å². The van der Waals surface area contributed by atoms with Crippen LogP contribution >= 0.6 is 0 Å². The van der Waals surface area contributed by atoms with Crippen LogP contribution in [-0.4, -0.2) is 55.1 Å². The van der Waals surface area contributed by atoms with Gasteiger partial charge in [-0.1, -0.05) is 0 Å². The van der Waals surface area contributed by atoms with Gasteiger partial charge in [0.2, 0.25) is 5.88 Å². The van der Waals surface area contributed by atoms with Crippen LogP contribution < -0.4 is 4.74 Å². The highest BCUT2D eigenvalue weighted by Gasteiger charge is 2.09. The van der Waals surface area contributed by atoms with Crippen LogP contribution in [0.1, 0.15) is 17.3 Å². The normalized spacial score (nSPS) is 16.5. The van der Waals surface area contributed by atoms with E-state index >= 15 is 0 Å². The lowest BCUT2D eigenvalue weighted by Crippen LogP contribution is -2.38. The fraction of sp³-hybridized carbons (Fsp3) is 0.538. The number of ether oxygens (including phenoxy) is 2. The molecule has 0 bridgehead atoms. The highest BCUT2D eigenvalue weighted by atomic mass is 16.5. The van der Waals surface area contributed by atoms with Gasteiger partial charge in [-0.05, 0) is 13.0 Å². The van der Waals surface area contributed by atoms with E-state index in [-0.39, 0.29) is 5.78 Å². The third kappa shape index (κ3) is 3.78. The summed E-state index contributed by atoms with van der Waals surface area (Å²) in [5.74, 6) is 0.579. The monoisotopic (exact) mass is 250 g/mol. The summed E-state index contributed by atoms with van der Waals surface area (Å²) in [5.41, 5.74) is 0.607. The Morgan fingerprint density at radius 3 is 2.83 bits per heavy atom. The third-order valence-electron chi connectivity index (χ3n) is 2.90. The van der Waals surface area contributed by atoms with E-state index in [9.17, 15) is 4.79 Å². The van der Waals surface area contributed by atoms with E-state index in [1.54, 1.807) is 18.3 Å². The quantitative estimate of drug-likeness (QED) is 0.730. The molecule has 1 aromatic heterocycles. The number of rotatable bonds is 5. The lowest BCUT2D eigenvalue weighted by molar-refractivity contribution is 0.0320. The molecule has 0 spiro atoms. The topological polar surface area (TPSA) is 51.7 Å². The zero-order chi connectivity index (χ0) is 12.8. The van der Waals surface area contributed by atoms with Gasteiger partial charge in [0, 0.05) is 37.5 Å². The van der Waals surface area contributed by atoms with Gasteiger partial charge in [0.1, 0.15) is 6.61 Å². The number of pyridine rings is 1. The maximum absolute atomic E-state index is 11.1. The average Bonchev–Trinajstić information content (AvgIpc) is 2.40. The number of hydrogen-bond donors (Lipinski definition) is 0. The van der Waals surface area contributed by atoms with E-state index in [4.69, 9.17) is 9.47 Å². The van der Waals surface area contributed by atoms with E-state index in [0.717, 1.165) is 32.8 Å². The molecule has 5 heteroatoms. The molecule has 1 aliphatic rings. The molecule has 0 aliphatic carbocycles. The molecule has 0 radical (unpaired) electrons. The summed E-state index contributed by atoms with van der Waals surface area (Å²) in [6, 6.07) is 3.47. The average molecular weight is 250 g/mol. The Bertz CT molecular complexity index is 386. The number of Topliss-reactive ketones (excluding diaryl/α,β-unsaturated/α-hetero) is 1. The SMILES string of the molecule is CC(=O)c1ccc(OCCN2CCOCC2)nc1. The third-order valence-corrected chi connectivity index (χ3v) is 2.90. The van der Waals surface area contributed by atoms with Gasteiger partial charge in [-0.25, -0.2) is 4.98 Å². The van der Waals surface area contributed by atoms with Crippen molar-refractivity contribution in [3.63, 3.8) is 0 Å². The Labute approximate surface area is 107 Å². The number of morpholine rings is 1. The Morgan fingerprint density at radius 1 is 1.44 bits per heavy atom. The van der Waals surface area contributed by atoms with Gasteiger partial charge in [-0.3, -0.25) is 9.69 Å². The number of hydrogen-bond acceptors (Lipinski definition) is 5. The molecule has 0 aromatic carbocycles. The molecule has 0 saturated carbocycles. The second-order valence-corrected chi connectivity index (χ2v) is 4.24. The van der Waals surface area contributed by atoms with Crippen LogP contribution in [0, 0.1) is 0 Å². The first-order chi connectivity index (χ1) is 8.75. The molecular formula is C13H18N2O3. The molecule has 1 saturated heterocycles. The Balaban J connectivity index is 1.74. The molecule has 0 unspecified atom stereocenters. The van der Waals surface area contributed by atoms with Crippen LogP contribution in [-0.2, 0) is 4.74 Å². The summed E-state index contributed by atoms with van der Waals surface area (Å²) in [5, 5.41) is 0. The smallest absolute Gasteiger partial charge is 0.213 e. The summed E-state index contributed by atoms with van der Waals surface area (Å²) < 4.78 is 10.8. The standard InChI is InChI=1S/C13H18N2O3/c1-11(16)12-2-3-13(14-10-12)18-9-6-15-4-7-17-8-5-15/h2-3,10H,4-9H2,1H3. The minimum absolute atomic E-state index is 0.0161. The van der Waals surface area contributed by atoms with Crippen molar-refractivity contribution in [2.24, 2.45) is 0 Å². The summed E-state index contributed by atoms with van der Waals surface area (Å²) >= 11 is 0. The van der Waals surface area contributed by atoms with Gasteiger partial charge >= 0.3 is 0 Å². The van der Waals surface area contributed by atoms with Crippen LogP contribution in [0.2, 0.25) is 0 Å². The number of carbonyl (C=O) groups is 1. The van der Waals surface area contributed by atoms with Crippen molar-refractivity contribution in [1.82, 2.24) is 9.88 Å². The van der Waals surface area contributed by atoms with Gasteiger partial charge in [0.15, 0.2) is 5.78 Å². The molecule has 98 valence electrons. The van der Waals surface area contributed by atoms with E-state index in [0.29, 0.717) is 18.1 Å². The van der Waals surface area contributed by atoms with E-state index in [1.165, 1.54) is 6.92 Å². The van der Waals surface area contributed by atoms with Crippen molar-refractivity contribution < 1.29 is 14.3 Å². The molecule has 2 rings (SSSR count). The second-order valence-electron chi connectivity index (χ2n) is 4.24. The highest BCUT2D eigenvalue weighted by molar-refractivity contribution is 5.93. The number of aromatic nitrogens is 1. The molecule has 2 heterocycles. The van der Waals surface area contributed by atoms with Crippen molar-refractivity contribution in [3.8, 4) is 5.88 Å². The van der Waals surface area contributed by atoms with Crippen molar-refractivity contribution in [1.29, 1.82) is 0 Å². The molecular weight excluding hydrogens is 232 g/mol. The van der Waals surface area contributed by atoms with Crippen molar-refractivity contribution in [2.45, 2.75) is 6.92 Å². The van der Waals surface area contributed by atoms with Gasteiger partial charge in [-0.2, -0.15) is 0 Å². The summed E-state index contributed by atoms with van der Waals surface area (Å²) in [6.45, 7) is 6.51. The zero-order valence-corrected chi connectivity index (χ0v) is 10.6. The van der Waals surface area contributed by atoms with Crippen LogP contribution in [0.5, 0.6) is 5.88 Å². The van der Waals surface area contributed by atoms with Crippen LogP contribution in [0.25, 0.3) is 0 Å². The lowest BCUT2D eigenvalue weighted by Gasteiger charge is -2.26. The van der Waals surface area contributed by atoms with Gasteiger partial charge in [0.25, 0.3) is 0 Å². The largest absolute Gasteiger partial charge is 0.476 e. The first kappa shape index (κ1) is 13.0. The first-order valence-corrected chi connectivity index (χ1v) is 6.15. The van der Waals surface area contributed by atoms with Gasteiger partial charge in [-0.15, -0.1) is 0 Å². The van der Waals surface area contributed by atoms with Crippen LogP contribution in [0.3, 0.4) is 0 Å². The van der Waals surface area contributed by atoms with E-state index in [1.807, 2.05) is 0 Å². The minimum atomic E-state index is 0.0161. The Morgan fingerprint density at radius 2 is 2.22 bits per heavy atom.